The minimum absolute atomic E-state index is 0.0327. The SMILES string of the molecule is CCC(C)[C@H](NC(=O)OC(C)(C)C)C(=O)N1CCc2ccccc2C1. The fraction of sp³-hybridized carbons (Fsp3) is 0.600. The number of nitrogens with zero attached hydrogens (tertiary/aromatic N) is 1. The molecule has 0 aliphatic carbocycles. The van der Waals surface area contributed by atoms with Gasteiger partial charge in [0.1, 0.15) is 11.6 Å². The first-order chi connectivity index (χ1) is 11.7. The van der Waals surface area contributed by atoms with E-state index in [0.29, 0.717) is 13.1 Å². The summed E-state index contributed by atoms with van der Waals surface area (Å²) in [6.07, 6.45) is 1.11. The molecular weight excluding hydrogens is 316 g/mol. The molecule has 1 N–H and O–H groups in total. The normalized spacial score (nSPS) is 16.6. The molecule has 2 atom stereocenters. The van der Waals surface area contributed by atoms with Crippen LogP contribution in [0.1, 0.15) is 52.2 Å². The highest BCUT2D eigenvalue weighted by Crippen LogP contribution is 2.21. The van der Waals surface area contributed by atoms with E-state index in [9.17, 15) is 9.59 Å². The van der Waals surface area contributed by atoms with Crippen LogP contribution in [0, 0.1) is 5.92 Å². The lowest BCUT2D eigenvalue weighted by molar-refractivity contribution is -0.135. The molecule has 5 heteroatoms. The fourth-order valence-electron chi connectivity index (χ4n) is 3.00. The second-order valence-electron chi connectivity index (χ2n) is 7.79. The van der Waals surface area contributed by atoms with Crippen LogP contribution in [0.5, 0.6) is 0 Å². The molecule has 0 fully saturated rings. The molecule has 5 nitrogen and oxygen atoms in total. The van der Waals surface area contributed by atoms with Crippen LogP contribution in [0.3, 0.4) is 0 Å². The van der Waals surface area contributed by atoms with Gasteiger partial charge in [0.15, 0.2) is 0 Å². The summed E-state index contributed by atoms with van der Waals surface area (Å²) >= 11 is 0. The first-order valence-electron chi connectivity index (χ1n) is 9.06. The van der Waals surface area contributed by atoms with Crippen LogP contribution in [0.25, 0.3) is 0 Å². The highest BCUT2D eigenvalue weighted by Gasteiger charge is 2.32. The summed E-state index contributed by atoms with van der Waals surface area (Å²) in [5.41, 5.74) is 1.89. The molecule has 2 amide bonds. The highest BCUT2D eigenvalue weighted by atomic mass is 16.6. The Morgan fingerprint density at radius 2 is 1.88 bits per heavy atom. The van der Waals surface area contributed by atoms with Gasteiger partial charge in [0, 0.05) is 13.1 Å². The van der Waals surface area contributed by atoms with Gasteiger partial charge in [-0.05, 0) is 44.2 Å². The van der Waals surface area contributed by atoms with Crippen LogP contribution in [0.4, 0.5) is 4.79 Å². The highest BCUT2D eigenvalue weighted by molar-refractivity contribution is 5.86. The number of fused-ring (bicyclic) bond motifs is 1. The zero-order valence-electron chi connectivity index (χ0n) is 16.0. The molecule has 2 rings (SSSR count). The average molecular weight is 346 g/mol. The van der Waals surface area contributed by atoms with E-state index in [-0.39, 0.29) is 11.8 Å². The minimum atomic E-state index is -0.586. The zero-order valence-corrected chi connectivity index (χ0v) is 16.0. The Morgan fingerprint density at radius 3 is 2.48 bits per heavy atom. The monoisotopic (exact) mass is 346 g/mol. The fourth-order valence-corrected chi connectivity index (χ4v) is 3.00. The molecule has 138 valence electrons. The smallest absolute Gasteiger partial charge is 0.408 e. The predicted molar refractivity (Wildman–Crippen MR) is 98.2 cm³/mol. The molecule has 1 unspecified atom stereocenters. The largest absolute Gasteiger partial charge is 0.444 e. The number of alkyl carbamates (subject to hydrolysis) is 1. The Balaban J connectivity index is 2.10. The zero-order chi connectivity index (χ0) is 18.6. The molecule has 1 heterocycles. The number of hydrogen-bond donors (Lipinski definition) is 1. The quantitative estimate of drug-likeness (QED) is 0.907. The number of ether oxygens (including phenoxy) is 1. The maximum absolute atomic E-state index is 13.1. The van der Waals surface area contributed by atoms with E-state index < -0.39 is 17.7 Å². The number of rotatable bonds is 4. The van der Waals surface area contributed by atoms with Crippen LogP contribution in [-0.2, 0) is 22.5 Å². The van der Waals surface area contributed by atoms with Crippen molar-refractivity contribution in [2.24, 2.45) is 5.92 Å². The summed E-state index contributed by atoms with van der Waals surface area (Å²) in [7, 11) is 0. The van der Waals surface area contributed by atoms with Crippen molar-refractivity contribution in [2.45, 2.75) is 65.6 Å². The first kappa shape index (κ1) is 19.3. The standard InChI is InChI=1S/C20H30N2O3/c1-6-14(2)17(21-19(24)25-20(3,4)5)18(23)22-12-11-15-9-7-8-10-16(15)13-22/h7-10,14,17H,6,11-13H2,1-5H3,(H,21,24)/t14?,17-/m0/s1. The van der Waals surface area contributed by atoms with Gasteiger partial charge in [-0.1, -0.05) is 44.5 Å². The third-order valence-electron chi connectivity index (χ3n) is 4.59. The first-order valence-corrected chi connectivity index (χ1v) is 9.06. The molecule has 1 aliphatic rings. The van der Waals surface area contributed by atoms with E-state index in [1.165, 1.54) is 11.1 Å². The maximum Gasteiger partial charge on any atom is 0.408 e. The summed E-state index contributed by atoms with van der Waals surface area (Å²) in [5.74, 6) is 0.00639. The summed E-state index contributed by atoms with van der Waals surface area (Å²) < 4.78 is 5.34. The third-order valence-corrected chi connectivity index (χ3v) is 4.59. The molecular formula is C20H30N2O3. The maximum atomic E-state index is 13.1. The Bertz CT molecular complexity index is 622. The Hall–Kier alpha value is -2.04. The Kier molecular flexibility index (Phi) is 6.09. The van der Waals surface area contributed by atoms with Crippen molar-refractivity contribution in [3.8, 4) is 0 Å². The molecule has 25 heavy (non-hydrogen) atoms. The van der Waals surface area contributed by atoms with Gasteiger partial charge in [0.05, 0.1) is 0 Å². The molecule has 0 spiro atoms. The molecule has 1 aromatic rings. The number of benzene rings is 1. The number of nitrogens with one attached hydrogen (secondary N) is 1. The van der Waals surface area contributed by atoms with Crippen molar-refractivity contribution >= 4 is 12.0 Å². The van der Waals surface area contributed by atoms with Gasteiger partial charge in [-0.15, -0.1) is 0 Å². The summed E-state index contributed by atoms with van der Waals surface area (Å²) in [6, 6.07) is 7.64. The van der Waals surface area contributed by atoms with E-state index in [0.717, 1.165) is 12.8 Å². The number of carbonyl (C=O) groups excluding carboxylic acids is 2. The van der Waals surface area contributed by atoms with Gasteiger partial charge in [-0.2, -0.15) is 0 Å². The van der Waals surface area contributed by atoms with E-state index in [1.807, 2.05) is 51.7 Å². The summed E-state index contributed by atoms with van der Waals surface area (Å²) in [4.78, 5) is 27.1. The predicted octanol–water partition coefficient (Wildman–Crippen LogP) is 3.51. The molecule has 0 aromatic heterocycles. The summed E-state index contributed by atoms with van der Waals surface area (Å²) in [6.45, 7) is 10.7. The van der Waals surface area contributed by atoms with Crippen molar-refractivity contribution in [3.63, 3.8) is 0 Å². The van der Waals surface area contributed by atoms with Crippen molar-refractivity contribution in [3.05, 3.63) is 35.4 Å². The van der Waals surface area contributed by atoms with Gasteiger partial charge in [-0.25, -0.2) is 4.79 Å². The van der Waals surface area contributed by atoms with Crippen molar-refractivity contribution in [1.29, 1.82) is 0 Å². The molecule has 1 aliphatic heterocycles. The van der Waals surface area contributed by atoms with Crippen molar-refractivity contribution in [1.82, 2.24) is 10.2 Å². The number of hydrogen-bond acceptors (Lipinski definition) is 3. The van der Waals surface area contributed by atoms with Crippen LogP contribution < -0.4 is 5.32 Å². The van der Waals surface area contributed by atoms with Gasteiger partial charge >= 0.3 is 6.09 Å². The average Bonchev–Trinajstić information content (AvgIpc) is 2.56. The number of carbonyl (C=O) groups is 2. The van der Waals surface area contributed by atoms with Gasteiger partial charge in [0.25, 0.3) is 0 Å². The van der Waals surface area contributed by atoms with E-state index >= 15 is 0 Å². The van der Waals surface area contributed by atoms with Crippen LogP contribution >= 0.6 is 0 Å². The molecule has 0 saturated carbocycles. The van der Waals surface area contributed by atoms with Gasteiger partial charge < -0.3 is 15.0 Å². The van der Waals surface area contributed by atoms with E-state index in [1.54, 1.807) is 0 Å². The number of amides is 2. The summed E-state index contributed by atoms with van der Waals surface area (Å²) in [5, 5.41) is 2.79. The van der Waals surface area contributed by atoms with Crippen LogP contribution in [0.15, 0.2) is 24.3 Å². The second kappa shape index (κ2) is 7.89. The third kappa shape index (κ3) is 5.21. The molecule has 0 bridgehead atoms. The van der Waals surface area contributed by atoms with Crippen molar-refractivity contribution in [2.75, 3.05) is 6.54 Å². The second-order valence-corrected chi connectivity index (χ2v) is 7.79. The van der Waals surface area contributed by atoms with E-state index in [2.05, 4.69) is 17.4 Å². The molecule has 0 radical (unpaired) electrons. The van der Waals surface area contributed by atoms with Gasteiger partial charge in [0.2, 0.25) is 5.91 Å². The van der Waals surface area contributed by atoms with E-state index in [4.69, 9.17) is 4.74 Å². The van der Waals surface area contributed by atoms with Crippen LogP contribution in [0.2, 0.25) is 0 Å². The minimum Gasteiger partial charge on any atom is -0.444 e. The Morgan fingerprint density at radius 1 is 1.24 bits per heavy atom. The van der Waals surface area contributed by atoms with Crippen molar-refractivity contribution < 1.29 is 14.3 Å². The lowest BCUT2D eigenvalue weighted by Crippen LogP contribution is -2.53. The van der Waals surface area contributed by atoms with Gasteiger partial charge in [-0.3, -0.25) is 4.79 Å². The lowest BCUT2D eigenvalue weighted by Gasteiger charge is -2.34. The topological polar surface area (TPSA) is 58.6 Å². The van der Waals surface area contributed by atoms with Crippen LogP contribution in [-0.4, -0.2) is 35.1 Å². The Labute approximate surface area is 150 Å². The lowest BCUT2D eigenvalue weighted by atomic mass is 9.95. The molecule has 1 aromatic carbocycles. The molecule has 0 saturated heterocycles.